The average molecular weight is 284 g/mol. The Morgan fingerprint density at radius 1 is 1.33 bits per heavy atom. The van der Waals surface area contributed by atoms with Crippen LogP contribution in [0.25, 0.3) is 0 Å². The fourth-order valence-electron chi connectivity index (χ4n) is 2.22. The van der Waals surface area contributed by atoms with Crippen LogP contribution in [0.5, 0.6) is 5.88 Å². The largest absolute Gasteiger partial charge is 0.473 e. The highest BCUT2D eigenvalue weighted by Crippen LogP contribution is 2.22. The van der Waals surface area contributed by atoms with Crippen molar-refractivity contribution in [1.82, 2.24) is 9.78 Å². The number of nitriles is 1. The Labute approximate surface area is 124 Å². The monoisotopic (exact) mass is 284 g/mol. The van der Waals surface area contributed by atoms with Crippen LogP contribution in [0.3, 0.4) is 0 Å². The molecule has 0 saturated heterocycles. The normalized spacial score (nSPS) is 11.9. The van der Waals surface area contributed by atoms with Crippen molar-refractivity contribution in [3.05, 3.63) is 47.7 Å². The number of hydrogen-bond acceptors (Lipinski definition) is 4. The Morgan fingerprint density at radius 3 is 2.71 bits per heavy atom. The maximum absolute atomic E-state index is 8.78. The lowest BCUT2D eigenvalue weighted by Crippen LogP contribution is -2.16. The Kier molecular flexibility index (Phi) is 5.35. The second kappa shape index (κ2) is 7.46. The number of hydrogen-bond donors (Lipinski definition) is 1. The van der Waals surface area contributed by atoms with E-state index < -0.39 is 0 Å². The van der Waals surface area contributed by atoms with Gasteiger partial charge in [-0.2, -0.15) is 10.4 Å². The topological polar surface area (TPSA) is 76.9 Å². The molecule has 0 aliphatic heterocycles. The fraction of sp³-hybridized carbons (Fsp3) is 0.375. The predicted octanol–water partition coefficient (Wildman–Crippen LogP) is 2.63. The lowest BCUT2D eigenvalue weighted by Gasteiger charge is -2.17. The summed E-state index contributed by atoms with van der Waals surface area (Å²) in [5, 5.41) is 13.1. The second-order valence-corrected chi connectivity index (χ2v) is 4.85. The number of aromatic nitrogens is 2. The Hall–Kier alpha value is -2.32. The first kappa shape index (κ1) is 15.1. The molecule has 1 heterocycles. The van der Waals surface area contributed by atoms with Gasteiger partial charge in [0.1, 0.15) is 6.61 Å². The molecule has 1 atom stereocenters. The van der Waals surface area contributed by atoms with E-state index in [2.05, 4.69) is 18.1 Å². The molecule has 110 valence electrons. The van der Waals surface area contributed by atoms with Gasteiger partial charge in [0.15, 0.2) is 0 Å². The Balaban J connectivity index is 2.03. The summed E-state index contributed by atoms with van der Waals surface area (Å²) in [7, 11) is 0. The summed E-state index contributed by atoms with van der Waals surface area (Å²) in [6.45, 7) is 3.20. The minimum atomic E-state index is 0.265. The maximum atomic E-state index is 8.78. The minimum absolute atomic E-state index is 0.265. The van der Waals surface area contributed by atoms with Gasteiger partial charge in [0, 0.05) is 6.07 Å². The third kappa shape index (κ3) is 3.83. The van der Waals surface area contributed by atoms with Crippen molar-refractivity contribution < 1.29 is 4.74 Å². The zero-order valence-electron chi connectivity index (χ0n) is 12.2. The second-order valence-electron chi connectivity index (χ2n) is 4.85. The van der Waals surface area contributed by atoms with E-state index in [0.717, 1.165) is 24.3 Å². The summed E-state index contributed by atoms with van der Waals surface area (Å²) >= 11 is 0. The van der Waals surface area contributed by atoms with Gasteiger partial charge in [-0.05, 0) is 37.1 Å². The molecule has 0 aliphatic carbocycles. The number of ether oxygens (including phenoxy) is 1. The summed E-state index contributed by atoms with van der Waals surface area (Å²) < 4.78 is 7.74. The third-order valence-electron chi connectivity index (χ3n) is 3.42. The minimum Gasteiger partial charge on any atom is -0.473 e. The van der Waals surface area contributed by atoms with Crippen LogP contribution in [-0.2, 0) is 6.61 Å². The fourth-order valence-corrected chi connectivity index (χ4v) is 2.22. The standard InChI is InChI=1S/C16H20N4O/c1-2-15(7-9-17)20-16(8-10-19-20)21-12-14-5-3-13(11-18)4-6-14/h3-6,8,10,15H,2,7,9,12,17H2,1H3. The predicted molar refractivity (Wildman–Crippen MR) is 80.7 cm³/mol. The van der Waals surface area contributed by atoms with Crippen molar-refractivity contribution in [2.45, 2.75) is 32.4 Å². The highest BCUT2D eigenvalue weighted by molar-refractivity contribution is 5.31. The van der Waals surface area contributed by atoms with E-state index in [0.29, 0.717) is 18.7 Å². The lowest BCUT2D eigenvalue weighted by molar-refractivity contribution is 0.253. The molecule has 0 saturated carbocycles. The van der Waals surface area contributed by atoms with E-state index in [9.17, 15) is 0 Å². The summed E-state index contributed by atoms with van der Waals surface area (Å²) in [5.74, 6) is 0.750. The van der Waals surface area contributed by atoms with Crippen LogP contribution < -0.4 is 10.5 Å². The lowest BCUT2D eigenvalue weighted by atomic mass is 10.1. The third-order valence-corrected chi connectivity index (χ3v) is 3.42. The van der Waals surface area contributed by atoms with Gasteiger partial charge >= 0.3 is 0 Å². The number of nitrogens with two attached hydrogens (primary N) is 1. The summed E-state index contributed by atoms with van der Waals surface area (Å²) in [6, 6.07) is 11.6. The molecule has 0 amide bonds. The molecule has 2 aromatic rings. The zero-order chi connectivity index (χ0) is 15.1. The molecule has 0 spiro atoms. The van der Waals surface area contributed by atoms with Gasteiger partial charge in [-0.3, -0.25) is 0 Å². The summed E-state index contributed by atoms with van der Waals surface area (Å²) in [4.78, 5) is 0. The zero-order valence-corrected chi connectivity index (χ0v) is 12.2. The summed E-state index contributed by atoms with van der Waals surface area (Å²) in [6.07, 6.45) is 3.59. The quantitative estimate of drug-likeness (QED) is 0.848. The molecule has 2 rings (SSSR count). The molecule has 0 radical (unpaired) electrons. The molecule has 1 unspecified atom stereocenters. The van der Waals surface area contributed by atoms with Gasteiger partial charge in [-0.25, -0.2) is 4.68 Å². The van der Waals surface area contributed by atoms with Gasteiger partial charge in [0.05, 0.1) is 23.9 Å². The molecule has 0 aliphatic rings. The highest BCUT2D eigenvalue weighted by Gasteiger charge is 2.13. The van der Waals surface area contributed by atoms with Crippen LogP contribution in [0.1, 0.15) is 36.9 Å². The van der Waals surface area contributed by atoms with Gasteiger partial charge in [-0.15, -0.1) is 0 Å². The SMILES string of the molecule is CCC(CCN)n1nccc1OCc1ccc(C#N)cc1. The Bertz CT molecular complexity index is 597. The molecule has 5 nitrogen and oxygen atoms in total. The van der Waals surface area contributed by atoms with Crippen molar-refractivity contribution in [1.29, 1.82) is 5.26 Å². The van der Waals surface area contributed by atoms with Crippen LogP contribution in [0, 0.1) is 11.3 Å². The molecule has 5 heteroatoms. The highest BCUT2D eigenvalue weighted by atomic mass is 16.5. The molecule has 0 fully saturated rings. The van der Waals surface area contributed by atoms with E-state index in [1.165, 1.54) is 0 Å². The molecule has 1 aromatic carbocycles. The number of rotatable bonds is 7. The van der Waals surface area contributed by atoms with Crippen LogP contribution in [-0.4, -0.2) is 16.3 Å². The number of benzene rings is 1. The van der Waals surface area contributed by atoms with E-state index in [4.69, 9.17) is 15.7 Å². The van der Waals surface area contributed by atoms with Gasteiger partial charge in [0.25, 0.3) is 0 Å². The molecule has 0 bridgehead atoms. The molecular weight excluding hydrogens is 264 g/mol. The van der Waals surface area contributed by atoms with Crippen molar-refractivity contribution in [2.75, 3.05) is 6.54 Å². The molecular formula is C16H20N4O. The Morgan fingerprint density at radius 2 is 2.10 bits per heavy atom. The van der Waals surface area contributed by atoms with E-state index in [-0.39, 0.29) is 6.04 Å². The van der Waals surface area contributed by atoms with E-state index >= 15 is 0 Å². The van der Waals surface area contributed by atoms with Gasteiger partial charge in [0.2, 0.25) is 5.88 Å². The van der Waals surface area contributed by atoms with Gasteiger partial charge < -0.3 is 10.5 Å². The van der Waals surface area contributed by atoms with Gasteiger partial charge in [-0.1, -0.05) is 19.1 Å². The van der Waals surface area contributed by atoms with Crippen LogP contribution in [0.4, 0.5) is 0 Å². The molecule has 21 heavy (non-hydrogen) atoms. The van der Waals surface area contributed by atoms with Crippen molar-refractivity contribution >= 4 is 0 Å². The van der Waals surface area contributed by atoms with Crippen LogP contribution >= 0.6 is 0 Å². The smallest absolute Gasteiger partial charge is 0.212 e. The maximum Gasteiger partial charge on any atom is 0.212 e. The summed E-state index contributed by atoms with van der Waals surface area (Å²) in [5.41, 5.74) is 7.32. The van der Waals surface area contributed by atoms with E-state index in [1.807, 2.05) is 22.9 Å². The molecule has 2 N–H and O–H groups in total. The number of nitrogens with zero attached hydrogens (tertiary/aromatic N) is 3. The first-order chi connectivity index (χ1) is 10.3. The van der Waals surface area contributed by atoms with Crippen molar-refractivity contribution in [3.8, 4) is 11.9 Å². The first-order valence-corrected chi connectivity index (χ1v) is 7.14. The van der Waals surface area contributed by atoms with Crippen molar-refractivity contribution in [3.63, 3.8) is 0 Å². The average Bonchev–Trinajstić information content (AvgIpc) is 2.99. The van der Waals surface area contributed by atoms with Crippen molar-refractivity contribution in [2.24, 2.45) is 5.73 Å². The van der Waals surface area contributed by atoms with E-state index in [1.54, 1.807) is 18.3 Å². The first-order valence-electron chi connectivity index (χ1n) is 7.14. The van der Waals surface area contributed by atoms with Crippen LogP contribution in [0.15, 0.2) is 36.5 Å². The molecule has 1 aromatic heterocycles. The van der Waals surface area contributed by atoms with Crippen LogP contribution in [0.2, 0.25) is 0 Å².